The fraction of sp³-hybridized carbons (Fsp3) is 0.300. The summed E-state index contributed by atoms with van der Waals surface area (Å²) in [6.07, 6.45) is 5.90. The topological polar surface area (TPSA) is 113 Å². The molecule has 4 aromatic carbocycles. The molecule has 0 fully saturated rings. The van der Waals surface area contributed by atoms with Gasteiger partial charge in [-0.3, -0.25) is 14.1 Å². The van der Waals surface area contributed by atoms with Crippen LogP contribution in [0.2, 0.25) is 15.1 Å². The third-order valence-corrected chi connectivity index (χ3v) is 11.0. The van der Waals surface area contributed by atoms with Gasteiger partial charge in [0, 0.05) is 39.0 Å². The van der Waals surface area contributed by atoms with Gasteiger partial charge in [-0.05, 0) is 95.7 Å². The van der Waals surface area contributed by atoms with Gasteiger partial charge in [0.1, 0.15) is 0 Å². The van der Waals surface area contributed by atoms with Crippen LogP contribution >= 0.6 is 34.8 Å². The quantitative estimate of drug-likeness (QED) is 0.132. The van der Waals surface area contributed by atoms with E-state index in [2.05, 4.69) is 49.6 Å². The molecule has 2 atom stereocenters. The Labute approximate surface area is 315 Å². The highest BCUT2D eigenvalue weighted by Gasteiger charge is 2.27. The summed E-state index contributed by atoms with van der Waals surface area (Å²) < 4.78 is 30.9. The van der Waals surface area contributed by atoms with Crippen molar-refractivity contribution >= 4 is 68.0 Å². The highest BCUT2D eigenvalue weighted by molar-refractivity contribution is 7.85. The normalized spacial score (nSPS) is 15.5. The minimum atomic E-state index is -4.19. The molecular formula is C40H41Cl3N2O5S. The van der Waals surface area contributed by atoms with Crippen LogP contribution < -0.4 is 10.6 Å². The molecule has 7 nitrogen and oxygen atoms in total. The fourth-order valence-electron chi connectivity index (χ4n) is 6.35. The van der Waals surface area contributed by atoms with Gasteiger partial charge in [-0.15, -0.1) is 0 Å². The summed E-state index contributed by atoms with van der Waals surface area (Å²) >= 11 is 19.2. The largest absolute Gasteiger partial charge is 0.351 e. The Morgan fingerprint density at radius 1 is 0.882 bits per heavy atom. The SMILES string of the molecule is CC(C)(C)C1CC=C(c2ccc(C(Cc3ccc(C(=O)NCCS(=O)(=O)O)cc3)C(=O)Nc3ccc(-c4ccc(Cl)cc4Cl)c(Cl)c3)cc2)CC1. The average Bonchev–Trinajstić information content (AvgIpc) is 3.07. The van der Waals surface area contributed by atoms with Crippen molar-refractivity contribution < 1.29 is 22.6 Å². The molecule has 268 valence electrons. The zero-order valence-electron chi connectivity index (χ0n) is 28.7. The van der Waals surface area contributed by atoms with Gasteiger partial charge in [-0.1, -0.05) is 110 Å². The molecule has 0 saturated heterocycles. The number of carbonyl (C=O) groups is 2. The van der Waals surface area contributed by atoms with Crippen LogP contribution in [0.4, 0.5) is 5.69 Å². The minimum Gasteiger partial charge on any atom is -0.351 e. The molecule has 2 amide bonds. The Hall–Kier alpha value is -3.66. The second-order valence-electron chi connectivity index (χ2n) is 14.0. The van der Waals surface area contributed by atoms with Crippen LogP contribution in [0.15, 0.2) is 91.0 Å². The van der Waals surface area contributed by atoms with E-state index in [1.165, 1.54) is 5.57 Å². The summed E-state index contributed by atoms with van der Waals surface area (Å²) in [5.41, 5.74) is 6.68. The minimum absolute atomic E-state index is 0.219. The Morgan fingerprint density at radius 2 is 1.53 bits per heavy atom. The van der Waals surface area contributed by atoms with Crippen molar-refractivity contribution in [2.75, 3.05) is 17.6 Å². The van der Waals surface area contributed by atoms with Gasteiger partial charge in [0.2, 0.25) is 5.91 Å². The van der Waals surface area contributed by atoms with Crippen LogP contribution in [-0.4, -0.2) is 37.1 Å². The smallest absolute Gasteiger partial charge is 0.266 e. The Morgan fingerprint density at radius 3 is 2.10 bits per heavy atom. The summed E-state index contributed by atoms with van der Waals surface area (Å²) in [6.45, 7) is 6.67. The van der Waals surface area contributed by atoms with Crippen molar-refractivity contribution in [3.05, 3.63) is 128 Å². The van der Waals surface area contributed by atoms with Crippen molar-refractivity contribution in [3.8, 4) is 11.1 Å². The van der Waals surface area contributed by atoms with Crippen LogP contribution in [0.1, 0.15) is 73.0 Å². The first-order valence-corrected chi connectivity index (χ1v) is 19.5. The van der Waals surface area contributed by atoms with E-state index in [9.17, 15) is 18.0 Å². The zero-order valence-corrected chi connectivity index (χ0v) is 31.8. The Bertz CT molecular complexity index is 2040. The van der Waals surface area contributed by atoms with Crippen LogP contribution in [0.25, 0.3) is 16.7 Å². The lowest BCUT2D eigenvalue weighted by molar-refractivity contribution is -0.117. The van der Waals surface area contributed by atoms with Gasteiger partial charge in [0.15, 0.2) is 0 Å². The van der Waals surface area contributed by atoms with Crippen LogP contribution in [0, 0.1) is 11.3 Å². The van der Waals surface area contributed by atoms with Crippen molar-refractivity contribution in [1.82, 2.24) is 5.32 Å². The molecule has 0 saturated carbocycles. The van der Waals surface area contributed by atoms with Crippen LogP contribution in [0.5, 0.6) is 0 Å². The van der Waals surface area contributed by atoms with Gasteiger partial charge in [0.05, 0.1) is 16.7 Å². The number of rotatable bonds is 11. The molecule has 0 bridgehead atoms. The molecule has 1 aliphatic carbocycles. The first kappa shape index (κ1) is 38.6. The predicted molar refractivity (Wildman–Crippen MR) is 208 cm³/mol. The lowest BCUT2D eigenvalue weighted by atomic mass is 9.72. The number of amides is 2. The summed E-state index contributed by atoms with van der Waals surface area (Å²) in [7, 11) is -4.19. The van der Waals surface area contributed by atoms with Gasteiger partial charge in [-0.2, -0.15) is 8.42 Å². The number of hydrogen-bond donors (Lipinski definition) is 3. The maximum atomic E-state index is 14.0. The molecule has 1 aliphatic rings. The van der Waals surface area contributed by atoms with E-state index < -0.39 is 27.7 Å². The van der Waals surface area contributed by atoms with Crippen molar-refractivity contribution in [1.29, 1.82) is 0 Å². The first-order chi connectivity index (χ1) is 24.1. The number of halogens is 3. The van der Waals surface area contributed by atoms with E-state index >= 15 is 0 Å². The molecule has 51 heavy (non-hydrogen) atoms. The third-order valence-electron chi connectivity index (χ3n) is 9.40. The van der Waals surface area contributed by atoms with Crippen LogP contribution in [-0.2, 0) is 21.3 Å². The summed E-state index contributed by atoms with van der Waals surface area (Å²) in [5.74, 6) is -1.21. The van der Waals surface area contributed by atoms with Crippen molar-refractivity contribution in [2.45, 2.75) is 52.4 Å². The van der Waals surface area contributed by atoms with E-state index in [0.29, 0.717) is 44.2 Å². The molecule has 0 heterocycles. The van der Waals surface area contributed by atoms with E-state index in [-0.39, 0.29) is 17.9 Å². The summed E-state index contributed by atoms with van der Waals surface area (Å²) in [5, 5.41) is 6.92. The molecule has 5 rings (SSSR count). The Kier molecular flexibility index (Phi) is 12.4. The first-order valence-electron chi connectivity index (χ1n) is 16.7. The summed E-state index contributed by atoms with van der Waals surface area (Å²) in [6, 6.07) is 25.4. The number of allylic oxidation sites excluding steroid dienone is 2. The predicted octanol–water partition coefficient (Wildman–Crippen LogP) is 10.1. The molecule has 0 aromatic heterocycles. The van der Waals surface area contributed by atoms with Crippen molar-refractivity contribution in [3.63, 3.8) is 0 Å². The molecule has 0 aliphatic heterocycles. The molecule has 0 radical (unpaired) electrons. The number of hydrogen-bond acceptors (Lipinski definition) is 4. The number of anilines is 1. The molecule has 4 aromatic rings. The van der Waals surface area contributed by atoms with Gasteiger partial charge in [0.25, 0.3) is 16.0 Å². The molecule has 0 spiro atoms. The van der Waals surface area contributed by atoms with Gasteiger partial charge < -0.3 is 10.6 Å². The molecule has 3 N–H and O–H groups in total. The van der Waals surface area contributed by atoms with Crippen LogP contribution in [0.3, 0.4) is 0 Å². The average molecular weight is 768 g/mol. The standard InChI is InChI=1S/C40H41Cl3N2O5S/c1-40(2,3)30-14-12-27(13-15-30)26-8-10-28(11-9-26)35(22-25-4-6-29(7-5-25)38(46)44-20-21-51(48,49)50)39(47)45-32-17-19-34(37(43)24-32)33-18-16-31(41)23-36(33)42/h4-12,16-19,23-24,30,35H,13-15,20-22H2,1-3H3,(H,44,46)(H,45,47)(H,48,49,50). The molecule has 2 unspecified atom stereocenters. The second kappa shape index (κ2) is 16.3. The highest BCUT2D eigenvalue weighted by Crippen LogP contribution is 2.40. The summed E-state index contributed by atoms with van der Waals surface area (Å²) in [4.78, 5) is 26.6. The van der Waals surface area contributed by atoms with E-state index in [0.717, 1.165) is 41.5 Å². The number of benzene rings is 4. The monoisotopic (exact) mass is 766 g/mol. The second-order valence-corrected chi connectivity index (χ2v) is 16.8. The Balaban J connectivity index is 1.37. The highest BCUT2D eigenvalue weighted by atomic mass is 35.5. The molecular weight excluding hydrogens is 727 g/mol. The third kappa shape index (κ3) is 10.5. The number of nitrogens with one attached hydrogen (secondary N) is 2. The van der Waals surface area contributed by atoms with E-state index in [1.807, 2.05) is 12.1 Å². The maximum absolute atomic E-state index is 14.0. The lowest BCUT2D eigenvalue weighted by Gasteiger charge is -2.33. The van der Waals surface area contributed by atoms with E-state index in [4.69, 9.17) is 39.4 Å². The zero-order chi connectivity index (χ0) is 36.9. The van der Waals surface area contributed by atoms with Gasteiger partial charge >= 0.3 is 0 Å². The number of carbonyl (C=O) groups excluding carboxylic acids is 2. The lowest BCUT2D eigenvalue weighted by Crippen LogP contribution is -2.28. The van der Waals surface area contributed by atoms with E-state index in [1.54, 1.807) is 60.7 Å². The fourth-order valence-corrected chi connectivity index (χ4v) is 7.50. The maximum Gasteiger partial charge on any atom is 0.266 e. The van der Waals surface area contributed by atoms with Gasteiger partial charge in [-0.25, -0.2) is 0 Å². The van der Waals surface area contributed by atoms with Crippen molar-refractivity contribution in [2.24, 2.45) is 11.3 Å². The molecule has 11 heteroatoms.